The molecule has 5 nitrogen and oxygen atoms in total. The van der Waals surface area contributed by atoms with Gasteiger partial charge in [-0.3, -0.25) is 4.79 Å². The molecule has 0 aromatic rings. The van der Waals surface area contributed by atoms with Gasteiger partial charge in [-0.15, -0.1) is 0 Å². The maximum absolute atomic E-state index is 12.8. The van der Waals surface area contributed by atoms with Gasteiger partial charge in [-0.2, -0.15) is 0 Å². The number of piperidine rings is 1. The van der Waals surface area contributed by atoms with Crippen LogP contribution in [0.2, 0.25) is 0 Å². The number of rotatable bonds is 6. The molecule has 138 valence electrons. The lowest BCUT2D eigenvalue weighted by Gasteiger charge is -2.34. The molecule has 0 aromatic heterocycles. The zero-order chi connectivity index (χ0) is 16.6. The van der Waals surface area contributed by atoms with Crippen molar-refractivity contribution in [2.75, 3.05) is 52.5 Å². The topological polar surface area (TPSA) is 42.0 Å². The van der Waals surface area contributed by atoms with E-state index in [1.807, 2.05) is 0 Å². The highest BCUT2D eigenvalue weighted by atomic mass is 16.5. The minimum absolute atomic E-state index is 0.204. The Kier molecular flexibility index (Phi) is 7.36. The smallest absolute Gasteiger partial charge is 0.226 e. The van der Waals surface area contributed by atoms with Crippen molar-refractivity contribution in [3.05, 3.63) is 0 Å². The second kappa shape index (κ2) is 9.73. The molecule has 1 amide bonds. The van der Waals surface area contributed by atoms with E-state index in [1.54, 1.807) is 0 Å². The van der Waals surface area contributed by atoms with Gasteiger partial charge < -0.3 is 19.3 Å². The Hall–Kier alpha value is -0.650. The van der Waals surface area contributed by atoms with Gasteiger partial charge >= 0.3 is 0 Å². The van der Waals surface area contributed by atoms with Crippen molar-refractivity contribution in [1.29, 1.82) is 0 Å². The average molecular weight is 338 g/mol. The summed E-state index contributed by atoms with van der Waals surface area (Å²) in [5.41, 5.74) is 0. The van der Waals surface area contributed by atoms with Crippen LogP contribution in [0.4, 0.5) is 0 Å². The van der Waals surface area contributed by atoms with Crippen LogP contribution < -0.4 is 0 Å². The fraction of sp³-hybridized carbons (Fsp3) is 0.947. The highest BCUT2D eigenvalue weighted by molar-refractivity contribution is 5.79. The number of hydrogen-bond donors (Lipinski definition) is 0. The van der Waals surface area contributed by atoms with Crippen LogP contribution in [0.25, 0.3) is 0 Å². The summed E-state index contributed by atoms with van der Waals surface area (Å²) in [6.07, 6.45) is 9.72. The van der Waals surface area contributed by atoms with Crippen molar-refractivity contribution in [3.8, 4) is 0 Å². The van der Waals surface area contributed by atoms with Gasteiger partial charge in [-0.05, 0) is 45.1 Å². The minimum Gasteiger partial charge on any atom is -0.377 e. The maximum atomic E-state index is 12.8. The van der Waals surface area contributed by atoms with Gasteiger partial charge in [0.2, 0.25) is 5.91 Å². The van der Waals surface area contributed by atoms with Crippen LogP contribution in [-0.2, 0) is 14.3 Å². The number of nitrogens with zero attached hydrogens (tertiary/aromatic N) is 2. The Morgan fingerprint density at radius 1 is 1.00 bits per heavy atom. The normalized spacial score (nSPS) is 29.6. The summed E-state index contributed by atoms with van der Waals surface area (Å²) >= 11 is 0. The van der Waals surface area contributed by atoms with E-state index in [0.29, 0.717) is 12.0 Å². The molecule has 0 aliphatic carbocycles. The van der Waals surface area contributed by atoms with Gasteiger partial charge in [0.25, 0.3) is 0 Å². The predicted molar refractivity (Wildman–Crippen MR) is 94.0 cm³/mol. The number of amides is 1. The van der Waals surface area contributed by atoms with Gasteiger partial charge in [0.05, 0.1) is 25.2 Å². The molecule has 3 heterocycles. The van der Waals surface area contributed by atoms with Crippen molar-refractivity contribution in [3.63, 3.8) is 0 Å². The van der Waals surface area contributed by atoms with E-state index in [4.69, 9.17) is 9.47 Å². The summed E-state index contributed by atoms with van der Waals surface area (Å²) in [6, 6.07) is 0. The van der Waals surface area contributed by atoms with Crippen molar-refractivity contribution < 1.29 is 14.3 Å². The van der Waals surface area contributed by atoms with E-state index in [0.717, 1.165) is 71.8 Å². The molecular formula is C19H34N2O3. The third-order valence-electron chi connectivity index (χ3n) is 5.65. The van der Waals surface area contributed by atoms with Crippen LogP contribution >= 0.6 is 0 Å². The summed E-state index contributed by atoms with van der Waals surface area (Å²) in [7, 11) is 0. The Labute approximate surface area is 146 Å². The molecule has 0 saturated carbocycles. The molecule has 3 aliphatic rings. The molecule has 24 heavy (non-hydrogen) atoms. The molecule has 0 spiro atoms. The van der Waals surface area contributed by atoms with E-state index >= 15 is 0 Å². The maximum Gasteiger partial charge on any atom is 0.226 e. The predicted octanol–water partition coefficient (Wildman–Crippen LogP) is 2.30. The first-order valence-corrected chi connectivity index (χ1v) is 10.0. The Morgan fingerprint density at radius 3 is 2.58 bits per heavy atom. The van der Waals surface area contributed by atoms with Gasteiger partial charge in [0.15, 0.2) is 0 Å². The molecule has 3 saturated heterocycles. The number of likely N-dealkylation sites (tertiary alicyclic amines) is 2. The third-order valence-corrected chi connectivity index (χ3v) is 5.65. The van der Waals surface area contributed by atoms with E-state index in [1.165, 1.54) is 32.1 Å². The quantitative estimate of drug-likeness (QED) is 0.697. The van der Waals surface area contributed by atoms with Crippen molar-refractivity contribution in [2.45, 2.75) is 57.5 Å². The van der Waals surface area contributed by atoms with Gasteiger partial charge in [0.1, 0.15) is 0 Å². The first-order chi connectivity index (χ1) is 11.8. The van der Waals surface area contributed by atoms with E-state index < -0.39 is 0 Å². The fourth-order valence-electron chi connectivity index (χ4n) is 4.19. The second-order valence-corrected chi connectivity index (χ2v) is 7.59. The van der Waals surface area contributed by atoms with Crippen LogP contribution in [0.3, 0.4) is 0 Å². The highest BCUT2D eigenvalue weighted by Gasteiger charge is 2.29. The summed E-state index contributed by atoms with van der Waals surface area (Å²) in [5.74, 6) is 0.608. The standard InChI is InChI=1S/C19H34N2O3/c22-19(21-10-3-1-2-4-11-21)17-7-5-9-20(15-17)12-14-23-16-18-8-6-13-24-18/h17-18H,1-16H2/t17-,18-/m0/s1. The molecule has 3 fully saturated rings. The zero-order valence-corrected chi connectivity index (χ0v) is 15.1. The van der Waals surface area contributed by atoms with E-state index in [9.17, 15) is 4.79 Å². The number of carbonyl (C=O) groups is 1. The Balaban J connectivity index is 1.36. The number of ether oxygens (including phenoxy) is 2. The Bertz CT molecular complexity index is 377. The van der Waals surface area contributed by atoms with E-state index in [-0.39, 0.29) is 5.92 Å². The lowest BCUT2D eigenvalue weighted by Crippen LogP contribution is -2.46. The van der Waals surface area contributed by atoms with Crippen molar-refractivity contribution in [2.24, 2.45) is 5.92 Å². The van der Waals surface area contributed by atoms with Crippen molar-refractivity contribution >= 4 is 5.91 Å². The number of hydrogen-bond acceptors (Lipinski definition) is 4. The average Bonchev–Trinajstić information content (AvgIpc) is 2.98. The monoisotopic (exact) mass is 338 g/mol. The first-order valence-electron chi connectivity index (χ1n) is 10.0. The molecule has 0 aromatic carbocycles. The largest absolute Gasteiger partial charge is 0.377 e. The second-order valence-electron chi connectivity index (χ2n) is 7.59. The Morgan fingerprint density at radius 2 is 1.83 bits per heavy atom. The molecule has 3 aliphatic heterocycles. The molecule has 0 unspecified atom stereocenters. The van der Waals surface area contributed by atoms with Gasteiger partial charge in [-0.1, -0.05) is 12.8 Å². The molecule has 0 bridgehead atoms. The lowest BCUT2D eigenvalue weighted by atomic mass is 9.96. The van der Waals surface area contributed by atoms with Crippen LogP contribution in [0.1, 0.15) is 51.4 Å². The van der Waals surface area contributed by atoms with E-state index in [2.05, 4.69) is 9.80 Å². The highest BCUT2D eigenvalue weighted by Crippen LogP contribution is 2.21. The zero-order valence-electron chi connectivity index (χ0n) is 15.1. The third kappa shape index (κ3) is 5.43. The first kappa shape index (κ1) is 18.2. The molecule has 3 rings (SSSR count). The van der Waals surface area contributed by atoms with Crippen LogP contribution in [-0.4, -0.2) is 74.4 Å². The summed E-state index contributed by atoms with van der Waals surface area (Å²) in [4.78, 5) is 17.4. The van der Waals surface area contributed by atoms with Gasteiger partial charge in [-0.25, -0.2) is 0 Å². The molecule has 0 N–H and O–H groups in total. The van der Waals surface area contributed by atoms with Crippen LogP contribution in [0.5, 0.6) is 0 Å². The number of carbonyl (C=O) groups excluding carboxylic acids is 1. The minimum atomic E-state index is 0.204. The molecular weight excluding hydrogens is 304 g/mol. The van der Waals surface area contributed by atoms with Crippen molar-refractivity contribution in [1.82, 2.24) is 9.80 Å². The summed E-state index contributed by atoms with van der Waals surface area (Å²) < 4.78 is 11.4. The van der Waals surface area contributed by atoms with Crippen LogP contribution in [0, 0.1) is 5.92 Å². The van der Waals surface area contributed by atoms with Crippen LogP contribution in [0.15, 0.2) is 0 Å². The van der Waals surface area contributed by atoms with Gasteiger partial charge in [0, 0.05) is 32.8 Å². The summed E-state index contributed by atoms with van der Waals surface area (Å²) in [5, 5.41) is 0. The summed E-state index contributed by atoms with van der Waals surface area (Å²) in [6.45, 7) is 7.27. The fourth-order valence-corrected chi connectivity index (χ4v) is 4.19. The lowest BCUT2D eigenvalue weighted by molar-refractivity contribution is -0.137. The molecule has 5 heteroatoms. The molecule has 2 atom stereocenters. The SMILES string of the molecule is O=C([C@H]1CCCN(CCOC[C@@H]2CCCO2)C1)N1CCCCCC1. The molecule has 0 radical (unpaired) electrons.